The molecule has 1 atom stereocenters. The van der Waals surface area contributed by atoms with Crippen LogP contribution in [0.2, 0.25) is 0 Å². The topological polar surface area (TPSA) is 55.1 Å². The van der Waals surface area contributed by atoms with Crippen LogP contribution in [0.4, 0.5) is 10.1 Å². The molecule has 2 rings (SSSR count). The summed E-state index contributed by atoms with van der Waals surface area (Å²) in [5.74, 6) is 0.0594. The van der Waals surface area contributed by atoms with E-state index in [2.05, 4.69) is 19.2 Å². The van der Waals surface area contributed by atoms with Gasteiger partial charge in [0.25, 0.3) is 0 Å². The van der Waals surface area contributed by atoms with Crippen LogP contribution >= 0.6 is 12.4 Å². The summed E-state index contributed by atoms with van der Waals surface area (Å²) in [6.45, 7) is 4.15. The first kappa shape index (κ1) is 21.0. The van der Waals surface area contributed by atoms with Crippen LogP contribution in [0.15, 0.2) is 48.5 Å². The smallest absolute Gasteiger partial charge is 0.220 e. The number of anilines is 1. The van der Waals surface area contributed by atoms with E-state index < -0.39 is 0 Å². The SMILES string of the molecule is CC(C)C(Cc1ccc(F)cc1)NC(=O)CCc1ccccc1N.Cl. The van der Waals surface area contributed by atoms with Crippen LogP contribution in [0.25, 0.3) is 0 Å². The molecule has 0 fully saturated rings. The molecule has 1 unspecified atom stereocenters. The summed E-state index contributed by atoms with van der Waals surface area (Å²) in [6.07, 6.45) is 1.72. The van der Waals surface area contributed by atoms with E-state index in [0.717, 1.165) is 16.8 Å². The predicted molar refractivity (Wildman–Crippen MR) is 103 cm³/mol. The van der Waals surface area contributed by atoms with Gasteiger partial charge in [-0.05, 0) is 48.1 Å². The van der Waals surface area contributed by atoms with Crippen LogP contribution in [0.1, 0.15) is 31.4 Å². The van der Waals surface area contributed by atoms with Crippen molar-refractivity contribution < 1.29 is 9.18 Å². The standard InChI is InChI=1S/C20H25FN2O.ClH/c1-14(2)19(13-15-7-10-17(21)11-8-15)23-20(24)12-9-16-5-3-4-6-18(16)22;/h3-8,10-11,14,19H,9,12-13,22H2,1-2H3,(H,23,24);1H. The van der Waals surface area contributed by atoms with Crippen molar-refractivity contribution in [1.82, 2.24) is 5.32 Å². The van der Waals surface area contributed by atoms with Crippen LogP contribution in [0, 0.1) is 11.7 Å². The number of carbonyl (C=O) groups is 1. The van der Waals surface area contributed by atoms with Crippen LogP contribution in [-0.4, -0.2) is 11.9 Å². The van der Waals surface area contributed by atoms with Crippen molar-refractivity contribution in [2.75, 3.05) is 5.73 Å². The molecule has 3 N–H and O–H groups in total. The number of halogens is 2. The van der Waals surface area contributed by atoms with Gasteiger partial charge in [0, 0.05) is 18.2 Å². The van der Waals surface area contributed by atoms with Crippen LogP contribution in [0.5, 0.6) is 0 Å². The average molecular weight is 365 g/mol. The van der Waals surface area contributed by atoms with Gasteiger partial charge in [-0.15, -0.1) is 12.4 Å². The van der Waals surface area contributed by atoms with E-state index in [9.17, 15) is 9.18 Å². The Morgan fingerprint density at radius 2 is 1.76 bits per heavy atom. The summed E-state index contributed by atoms with van der Waals surface area (Å²) in [7, 11) is 0. The zero-order chi connectivity index (χ0) is 17.5. The molecule has 0 heterocycles. The van der Waals surface area contributed by atoms with Crippen molar-refractivity contribution in [3.05, 3.63) is 65.5 Å². The zero-order valence-corrected chi connectivity index (χ0v) is 15.5. The minimum Gasteiger partial charge on any atom is -0.399 e. The quantitative estimate of drug-likeness (QED) is 0.725. The molecule has 2 aromatic rings. The Kier molecular flexibility index (Phi) is 8.42. The molecule has 5 heteroatoms. The molecule has 136 valence electrons. The summed E-state index contributed by atoms with van der Waals surface area (Å²) in [6, 6.07) is 14.1. The predicted octanol–water partition coefficient (Wildman–Crippen LogP) is 4.15. The molecule has 0 saturated heterocycles. The largest absolute Gasteiger partial charge is 0.399 e. The highest BCUT2D eigenvalue weighted by molar-refractivity contribution is 5.85. The second-order valence-electron chi connectivity index (χ2n) is 6.45. The van der Waals surface area contributed by atoms with Gasteiger partial charge >= 0.3 is 0 Å². The van der Waals surface area contributed by atoms with Gasteiger partial charge in [-0.3, -0.25) is 4.79 Å². The highest BCUT2D eigenvalue weighted by Gasteiger charge is 2.17. The van der Waals surface area contributed by atoms with Gasteiger partial charge in [-0.25, -0.2) is 4.39 Å². The van der Waals surface area contributed by atoms with E-state index in [0.29, 0.717) is 25.2 Å². The molecule has 2 aromatic carbocycles. The van der Waals surface area contributed by atoms with Crippen molar-refractivity contribution in [3.8, 4) is 0 Å². The lowest BCUT2D eigenvalue weighted by molar-refractivity contribution is -0.122. The third kappa shape index (κ3) is 6.75. The number of nitrogen functional groups attached to an aromatic ring is 1. The summed E-state index contributed by atoms with van der Waals surface area (Å²) < 4.78 is 13.0. The van der Waals surface area contributed by atoms with Crippen LogP contribution < -0.4 is 11.1 Å². The molecular weight excluding hydrogens is 339 g/mol. The number of nitrogens with two attached hydrogens (primary N) is 1. The summed E-state index contributed by atoms with van der Waals surface area (Å²) >= 11 is 0. The Morgan fingerprint density at radius 3 is 2.36 bits per heavy atom. The fraction of sp³-hybridized carbons (Fsp3) is 0.350. The van der Waals surface area contributed by atoms with Crippen molar-refractivity contribution >= 4 is 24.0 Å². The van der Waals surface area contributed by atoms with E-state index in [-0.39, 0.29) is 30.2 Å². The number of hydrogen-bond donors (Lipinski definition) is 2. The van der Waals surface area contributed by atoms with E-state index in [1.165, 1.54) is 12.1 Å². The summed E-state index contributed by atoms with van der Waals surface area (Å²) in [5.41, 5.74) is 8.64. The first-order chi connectivity index (χ1) is 11.5. The van der Waals surface area contributed by atoms with Gasteiger partial charge in [0.2, 0.25) is 5.91 Å². The van der Waals surface area contributed by atoms with E-state index >= 15 is 0 Å². The minimum absolute atomic E-state index is 0. The van der Waals surface area contributed by atoms with Crippen molar-refractivity contribution in [1.29, 1.82) is 0 Å². The van der Waals surface area contributed by atoms with Gasteiger partial charge in [-0.2, -0.15) is 0 Å². The van der Waals surface area contributed by atoms with Gasteiger partial charge in [0.1, 0.15) is 5.82 Å². The lowest BCUT2D eigenvalue weighted by Gasteiger charge is -2.22. The summed E-state index contributed by atoms with van der Waals surface area (Å²) in [4.78, 5) is 12.3. The van der Waals surface area contributed by atoms with Crippen molar-refractivity contribution in [2.45, 2.75) is 39.2 Å². The minimum atomic E-state index is -0.246. The molecule has 25 heavy (non-hydrogen) atoms. The Bertz CT molecular complexity index is 674. The maximum Gasteiger partial charge on any atom is 0.220 e. The first-order valence-electron chi connectivity index (χ1n) is 8.33. The Hall–Kier alpha value is -2.07. The number of rotatable bonds is 7. The molecule has 0 saturated carbocycles. The highest BCUT2D eigenvalue weighted by Crippen LogP contribution is 2.14. The molecule has 0 aromatic heterocycles. The normalized spacial score (nSPS) is 11.7. The molecule has 0 aliphatic heterocycles. The second-order valence-corrected chi connectivity index (χ2v) is 6.45. The van der Waals surface area contributed by atoms with E-state index in [1.54, 1.807) is 12.1 Å². The molecule has 0 bridgehead atoms. The van der Waals surface area contributed by atoms with Gasteiger partial charge in [0.15, 0.2) is 0 Å². The van der Waals surface area contributed by atoms with E-state index in [4.69, 9.17) is 5.73 Å². The molecular formula is C20H26ClFN2O. The molecule has 0 spiro atoms. The number of aryl methyl sites for hydroxylation is 1. The van der Waals surface area contributed by atoms with Gasteiger partial charge in [-0.1, -0.05) is 44.2 Å². The maximum absolute atomic E-state index is 13.0. The molecule has 1 amide bonds. The van der Waals surface area contributed by atoms with Gasteiger partial charge in [0.05, 0.1) is 0 Å². The first-order valence-corrected chi connectivity index (χ1v) is 8.33. The molecule has 0 aliphatic carbocycles. The Labute approximate surface area is 155 Å². The third-order valence-corrected chi connectivity index (χ3v) is 4.20. The Morgan fingerprint density at radius 1 is 1.12 bits per heavy atom. The number of hydrogen-bond acceptors (Lipinski definition) is 2. The molecule has 0 aliphatic rings. The van der Waals surface area contributed by atoms with Crippen LogP contribution in [0.3, 0.4) is 0 Å². The van der Waals surface area contributed by atoms with Crippen molar-refractivity contribution in [2.24, 2.45) is 5.92 Å². The fourth-order valence-corrected chi connectivity index (χ4v) is 2.62. The number of nitrogens with one attached hydrogen (secondary N) is 1. The Balaban J connectivity index is 0.00000312. The third-order valence-electron chi connectivity index (χ3n) is 4.20. The number of carbonyl (C=O) groups excluding carboxylic acids is 1. The van der Waals surface area contributed by atoms with Crippen LogP contribution in [-0.2, 0) is 17.6 Å². The average Bonchev–Trinajstić information content (AvgIpc) is 2.55. The van der Waals surface area contributed by atoms with E-state index in [1.807, 2.05) is 24.3 Å². The lowest BCUT2D eigenvalue weighted by atomic mass is 9.96. The maximum atomic E-state index is 13.0. The molecule has 0 radical (unpaired) electrons. The number of para-hydroxylation sites is 1. The van der Waals surface area contributed by atoms with Gasteiger partial charge < -0.3 is 11.1 Å². The monoisotopic (exact) mass is 364 g/mol. The summed E-state index contributed by atoms with van der Waals surface area (Å²) in [5, 5.41) is 3.10. The fourth-order valence-electron chi connectivity index (χ4n) is 2.62. The molecule has 3 nitrogen and oxygen atoms in total. The zero-order valence-electron chi connectivity index (χ0n) is 14.7. The highest BCUT2D eigenvalue weighted by atomic mass is 35.5. The van der Waals surface area contributed by atoms with Crippen molar-refractivity contribution in [3.63, 3.8) is 0 Å². The second kappa shape index (κ2) is 10.0. The lowest BCUT2D eigenvalue weighted by Crippen LogP contribution is -2.40. The number of benzene rings is 2. The number of amides is 1.